The van der Waals surface area contributed by atoms with Crippen molar-refractivity contribution in [1.82, 2.24) is 0 Å². The molecule has 2 aromatic carbocycles. The van der Waals surface area contributed by atoms with Gasteiger partial charge in [0.25, 0.3) is 5.91 Å². The van der Waals surface area contributed by atoms with Crippen molar-refractivity contribution in [3.63, 3.8) is 0 Å². The van der Waals surface area contributed by atoms with E-state index >= 15 is 0 Å². The first-order chi connectivity index (χ1) is 12.4. The Hall–Kier alpha value is -2.71. The van der Waals surface area contributed by atoms with Gasteiger partial charge in [-0.15, -0.1) is 0 Å². The fourth-order valence-corrected chi connectivity index (χ4v) is 2.17. The fourth-order valence-electron chi connectivity index (χ4n) is 2.17. The number of carbonyl (C=O) groups excluding carboxylic acids is 1. The van der Waals surface area contributed by atoms with Crippen LogP contribution >= 0.6 is 0 Å². The van der Waals surface area contributed by atoms with E-state index in [4.69, 9.17) is 4.74 Å². The number of ether oxygens (including phenoxy) is 1. The lowest BCUT2D eigenvalue weighted by molar-refractivity contribution is -0.143. The maximum absolute atomic E-state index is 12.8. The summed E-state index contributed by atoms with van der Waals surface area (Å²) in [5.41, 5.74) is -0.690. The molecule has 1 amide bonds. The number of carbonyl (C=O) groups is 1. The molecule has 0 aliphatic heterocycles. The second kappa shape index (κ2) is 7.50. The summed E-state index contributed by atoms with van der Waals surface area (Å²) in [6, 6.07) is 5.87. The third-order valence-electron chi connectivity index (χ3n) is 3.72. The molecule has 0 fully saturated rings. The van der Waals surface area contributed by atoms with Crippen LogP contribution in [0.1, 0.15) is 22.3 Å². The highest BCUT2D eigenvalue weighted by atomic mass is 19.4. The molecule has 0 saturated carbocycles. The number of benzene rings is 2. The van der Waals surface area contributed by atoms with Crippen molar-refractivity contribution in [2.45, 2.75) is 26.2 Å². The first kappa shape index (κ1) is 20.6. The number of aryl methyl sites for hydroxylation is 2. The zero-order chi connectivity index (χ0) is 20.4. The van der Waals surface area contributed by atoms with Crippen molar-refractivity contribution < 1.29 is 35.9 Å². The van der Waals surface area contributed by atoms with Gasteiger partial charge in [0.1, 0.15) is 5.75 Å². The second-order valence-corrected chi connectivity index (χ2v) is 5.88. The van der Waals surface area contributed by atoms with E-state index in [-0.39, 0.29) is 6.07 Å². The molecule has 2 rings (SSSR count). The van der Waals surface area contributed by atoms with E-state index in [0.29, 0.717) is 17.8 Å². The van der Waals surface area contributed by atoms with Crippen LogP contribution in [0, 0.1) is 13.8 Å². The van der Waals surface area contributed by atoms with Gasteiger partial charge in [-0.25, -0.2) is 0 Å². The van der Waals surface area contributed by atoms with Crippen LogP contribution in [0.5, 0.6) is 5.75 Å². The standard InChI is InChI=1S/C18H15F6NO2/c1-10-3-4-14(5-11(10)2)25-16(26)9-27-15-7-12(17(19,20)21)6-13(8-15)18(22,23)24/h3-8H,9H2,1-2H3,(H,25,26). The molecule has 2 aromatic rings. The van der Waals surface area contributed by atoms with Gasteiger partial charge in [0, 0.05) is 5.69 Å². The smallest absolute Gasteiger partial charge is 0.416 e. The summed E-state index contributed by atoms with van der Waals surface area (Å²) >= 11 is 0. The van der Waals surface area contributed by atoms with E-state index in [1.807, 2.05) is 13.8 Å². The zero-order valence-electron chi connectivity index (χ0n) is 14.3. The van der Waals surface area contributed by atoms with Crippen molar-refractivity contribution in [3.8, 4) is 5.75 Å². The van der Waals surface area contributed by atoms with E-state index in [0.717, 1.165) is 11.1 Å². The summed E-state index contributed by atoms with van der Waals surface area (Å²) in [5.74, 6) is -1.42. The number of amides is 1. The Kier molecular flexibility index (Phi) is 5.72. The van der Waals surface area contributed by atoms with Gasteiger partial charge >= 0.3 is 12.4 Å². The molecule has 0 saturated heterocycles. The second-order valence-electron chi connectivity index (χ2n) is 5.88. The summed E-state index contributed by atoms with van der Waals surface area (Å²) in [6.07, 6.45) is -9.97. The lowest BCUT2D eigenvalue weighted by Gasteiger charge is -2.15. The van der Waals surface area contributed by atoms with Crippen molar-refractivity contribution in [2.75, 3.05) is 11.9 Å². The summed E-state index contributed by atoms with van der Waals surface area (Å²) in [6.45, 7) is 2.95. The first-order valence-corrected chi connectivity index (χ1v) is 7.65. The van der Waals surface area contributed by atoms with Gasteiger partial charge in [-0.1, -0.05) is 6.07 Å². The third kappa shape index (κ3) is 5.63. The van der Waals surface area contributed by atoms with Crippen LogP contribution < -0.4 is 10.1 Å². The average molecular weight is 391 g/mol. The summed E-state index contributed by atoms with van der Waals surface area (Å²) < 4.78 is 81.6. The number of hydrogen-bond acceptors (Lipinski definition) is 2. The Morgan fingerprint density at radius 1 is 0.889 bits per heavy atom. The third-order valence-corrected chi connectivity index (χ3v) is 3.72. The Balaban J connectivity index is 2.14. The van der Waals surface area contributed by atoms with Gasteiger partial charge in [-0.2, -0.15) is 26.3 Å². The summed E-state index contributed by atoms with van der Waals surface area (Å²) in [5, 5.41) is 2.46. The SMILES string of the molecule is Cc1ccc(NC(=O)COc2cc(C(F)(F)F)cc(C(F)(F)F)c2)cc1C. The number of hydrogen-bond donors (Lipinski definition) is 1. The molecular weight excluding hydrogens is 376 g/mol. The molecule has 0 aliphatic rings. The number of alkyl halides is 6. The first-order valence-electron chi connectivity index (χ1n) is 7.65. The molecule has 146 valence electrons. The maximum Gasteiger partial charge on any atom is 0.416 e. The molecule has 0 spiro atoms. The Labute approximate surface area is 150 Å². The van der Waals surface area contributed by atoms with Gasteiger partial charge in [0.15, 0.2) is 6.61 Å². The highest BCUT2D eigenvalue weighted by molar-refractivity contribution is 5.92. The minimum atomic E-state index is -4.99. The van der Waals surface area contributed by atoms with Crippen molar-refractivity contribution in [1.29, 1.82) is 0 Å². The van der Waals surface area contributed by atoms with Gasteiger partial charge in [0.2, 0.25) is 0 Å². The molecular formula is C18H15F6NO2. The Bertz CT molecular complexity index is 810. The van der Waals surface area contributed by atoms with Crippen LogP contribution in [0.15, 0.2) is 36.4 Å². The van der Waals surface area contributed by atoms with Crippen LogP contribution in [0.4, 0.5) is 32.0 Å². The highest BCUT2D eigenvalue weighted by Crippen LogP contribution is 2.38. The summed E-state index contributed by atoms with van der Waals surface area (Å²) in [7, 11) is 0. The van der Waals surface area contributed by atoms with Crippen molar-refractivity contribution in [3.05, 3.63) is 58.7 Å². The number of nitrogens with one attached hydrogen (secondary N) is 1. The summed E-state index contributed by atoms with van der Waals surface area (Å²) in [4.78, 5) is 11.9. The van der Waals surface area contributed by atoms with Crippen LogP contribution in [-0.4, -0.2) is 12.5 Å². The molecule has 3 nitrogen and oxygen atoms in total. The molecule has 27 heavy (non-hydrogen) atoms. The zero-order valence-corrected chi connectivity index (χ0v) is 14.3. The molecule has 0 aromatic heterocycles. The highest BCUT2D eigenvalue weighted by Gasteiger charge is 2.37. The number of anilines is 1. The van der Waals surface area contributed by atoms with E-state index in [1.165, 1.54) is 0 Å². The molecule has 0 bridgehead atoms. The van der Waals surface area contributed by atoms with E-state index < -0.39 is 41.7 Å². The fraction of sp³-hybridized carbons (Fsp3) is 0.278. The maximum atomic E-state index is 12.8. The lowest BCUT2D eigenvalue weighted by atomic mass is 10.1. The number of rotatable bonds is 4. The predicted octanol–water partition coefficient (Wildman–Crippen LogP) is 5.36. The van der Waals surface area contributed by atoms with E-state index in [1.54, 1.807) is 18.2 Å². The van der Waals surface area contributed by atoms with Gasteiger partial charge in [0.05, 0.1) is 11.1 Å². The van der Waals surface area contributed by atoms with E-state index in [9.17, 15) is 31.1 Å². The molecule has 9 heteroatoms. The topological polar surface area (TPSA) is 38.3 Å². The Morgan fingerprint density at radius 2 is 1.44 bits per heavy atom. The molecule has 0 aliphatic carbocycles. The Morgan fingerprint density at radius 3 is 1.93 bits per heavy atom. The van der Waals surface area contributed by atoms with Crippen LogP contribution in [0.3, 0.4) is 0 Å². The average Bonchev–Trinajstić information content (AvgIpc) is 2.54. The minimum absolute atomic E-state index is 0.0119. The van der Waals surface area contributed by atoms with Gasteiger partial charge in [-0.3, -0.25) is 4.79 Å². The molecule has 1 N–H and O–H groups in total. The number of halogens is 6. The lowest BCUT2D eigenvalue weighted by Crippen LogP contribution is -2.20. The molecule has 0 unspecified atom stereocenters. The predicted molar refractivity (Wildman–Crippen MR) is 86.5 cm³/mol. The van der Waals surface area contributed by atoms with Crippen LogP contribution in [-0.2, 0) is 17.1 Å². The minimum Gasteiger partial charge on any atom is -0.484 e. The monoisotopic (exact) mass is 391 g/mol. The molecule has 0 heterocycles. The van der Waals surface area contributed by atoms with Crippen molar-refractivity contribution >= 4 is 11.6 Å². The largest absolute Gasteiger partial charge is 0.484 e. The van der Waals surface area contributed by atoms with Gasteiger partial charge < -0.3 is 10.1 Å². The van der Waals surface area contributed by atoms with Crippen LogP contribution in [0.25, 0.3) is 0 Å². The van der Waals surface area contributed by atoms with Crippen molar-refractivity contribution in [2.24, 2.45) is 0 Å². The quantitative estimate of drug-likeness (QED) is 0.713. The van der Waals surface area contributed by atoms with E-state index in [2.05, 4.69) is 5.32 Å². The molecule has 0 radical (unpaired) electrons. The normalized spacial score (nSPS) is 12.0. The molecule has 0 atom stereocenters. The van der Waals surface area contributed by atoms with Gasteiger partial charge in [-0.05, 0) is 55.3 Å². The van der Waals surface area contributed by atoms with Crippen LogP contribution in [0.2, 0.25) is 0 Å².